The van der Waals surface area contributed by atoms with Gasteiger partial charge in [-0.3, -0.25) is 4.79 Å². The normalized spacial score (nSPS) is 11.6. The molecule has 5 nitrogen and oxygen atoms in total. The van der Waals surface area contributed by atoms with Crippen molar-refractivity contribution in [1.82, 2.24) is 10.2 Å². The molecule has 0 unspecified atom stereocenters. The Morgan fingerprint density at radius 3 is 2.44 bits per heavy atom. The molecule has 0 bridgehead atoms. The van der Waals surface area contributed by atoms with Gasteiger partial charge >= 0.3 is 6.03 Å². The number of hydrogen-bond donors (Lipinski definition) is 2. The van der Waals surface area contributed by atoms with Gasteiger partial charge in [-0.05, 0) is 23.8 Å². The lowest BCUT2D eigenvalue weighted by atomic mass is 10.0. The summed E-state index contributed by atoms with van der Waals surface area (Å²) in [5.74, 6) is -0.591. The zero-order valence-electron chi connectivity index (χ0n) is 13.7. The van der Waals surface area contributed by atoms with Crippen molar-refractivity contribution in [3.05, 3.63) is 69.9 Å². The molecule has 2 aromatic carbocycles. The quantitative estimate of drug-likeness (QED) is 0.770. The summed E-state index contributed by atoms with van der Waals surface area (Å²) in [5.41, 5.74) is 6.41. The van der Waals surface area contributed by atoms with Crippen LogP contribution in [0.25, 0.3) is 0 Å². The number of rotatable bonds is 6. The molecule has 0 spiro atoms. The summed E-state index contributed by atoms with van der Waals surface area (Å²) in [6.45, 7) is 0.148. The van der Waals surface area contributed by atoms with Gasteiger partial charge in [0.05, 0.1) is 12.5 Å². The lowest BCUT2D eigenvalue weighted by Crippen LogP contribution is -2.37. The van der Waals surface area contributed by atoms with E-state index in [9.17, 15) is 14.0 Å². The predicted molar refractivity (Wildman–Crippen MR) is 97.1 cm³/mol. The fraction of sp³-hybridized carbons (Fsp3) is 0.222. The summed E-state index contributed by atoms with van der Waals surface area (Å²) in [7, 11) is 1.59. The van der Waals surface area contributed by atoms with Gasteiger partial charge in [0.2, 0.25) is 5.91 Å². The van der Waals surface area contributed by atoms with Gasteiger partial charge in [0, 0.05) is 23.6 Å². The number of urea groups is 1. The number of amides is 3. The molecule has 0 aliphatic heterocycles. The van der Waals surface area contributed by atoms with E-state index >= 15 is 0 Å². The summed E-state index contributed by atoms with van der Waals surface area (Å²) >= 11 is 3.34. The minimum absolute atomic E-state index is 0.0233. The maximum atomic E-state index is 13.7. The highest BCUT2D eigenvalue weighted by Gasteiger charge is 2.20. The van der Waals surface area contributed by atoms with Gasteiger partial charge in [-0.2, -0.15) is 0 Å². The third kappa shape index (κ3) is 5.56. The molecule has 7 heteroatoms. The molecule has 0 radical (unpaired) electrons. The first-order valence-corrected chi connectivity index (χ1v) is 8.45. The third-order valence-corrected chi connectivity index (χ3v) is 4.29. The van der Waals surface area contributed by atoms with Crippen LogP contribution in [0.2, 0.25) is 0 Å². The Labute approximate surface area is 154 Å². The van der Waals surface area contributed by atoms with Crippen LogP contribution in [0.5, 0.6) is 0 Å². The van der Waals surface area contributed by atoms with Crippen LogP contribution in [0.4, 0.5) is 9.18 Å². The first kappa shape index (κ1) is 18.9. The Hall–Kier alpha value is -2.41. The second-order valence-corrected chi connectivity index (χ2v) is 6.57. The standard InChI is InChI=1S/C18H19BrFN3O2/c1-23(11-13-4-2-3-5-15(13)20)17(24)10-16(22-18(21)25)12-6-8-14(19)9-7-12/h2-9,16H,10-11H2,1H3,(H3,21,22,25)/t16-/m0/s1. The highest BCUT2D eigenvalue weighted by atomic mass is 79.9. The van der Waals surface area contributed by atoms with Crippen molar-refractivity contribution in [3.63, 3.8) is 0 Å². The Balaban J connectivity index is 2.09. The molecule has 0 aromatic heterocycles. The van der Waals surface area contributed by atoms with Crippen LogP contribution in [0, 0.1) is 5.82 Å². The molecule has 1 atom stereocenters. The molecular weight excluding hydrogens is 389 g/mol. The maximum absolute atomic E-state index is 13.7. The SMILES string of the molecule is CN(Cc1ccccc1F)C(=O)C[C@H](NC(N)=O)c1ccc(Br)cc1. The first-order valence-electron chi connectivity index (χ1n) is 7.65. The zero-order chi connectivity index (χ0) is 18.4. The number of carbonyl (C=O) groups excluding carboxylic acids is 2. The summed E-state index contributed by atoms with van der Waals surface area (Å²) in [5, 5.41) is 2.58. The summed E-state index contributed by atoms with van der Waals surface area (Å²) < 4.78 is 14.6. The van der Waals surface area contributed by atoms with Crippen LogP contribution in [0.1, 0.15) is 23.6 Å². The van der Waals surface area contributed by atoms with Crippen LogP contribution in [-0.2, 0) is 11.3 Å². The van der Waals surface area contributed by atoms with Crippen LogP contribution >= 0.6 is 15.9 Å². The van der Waals surface area contributed by atoms with Crippen molar-refractivity contribution >= 4 is 27.9 Å². The number of nitrogens with zero attached hydrogens (tertiary/aromatic N) is 1. The Morgan fingerprint density at radius 2 is 1.84 bits per heavy atom. The van der Waals surface area contributed by atoms with Gasteiger partial charge in [-0.25, -0.2) is 9.18 Å². The molecule has 0 saturated carbocycles. The number of halogens is 2. The fourth-order valence-electron chi connectivity index (χ4n) is 2.42. The Kier molecular flexibility index (Phi) is 6.52. The average Bonchev–Trinajstić information content (AvgIpc) is 2.56. The van der Waals surface area contributed by atoms with E-state index in [0.717, 1.165) is 10.0 Å². The number of benzene rings is 2. The Bertz CT molecular complexity index is 752. The minimum Gasteiger partial charge on any atom is -0.352 e. The molecule has 3 amide bonds. The fourth-order valence-corrected chi connectivity index (χ4v) is 2.68. The van der Waals surface area contributed by atoms with Crippen molar-refractivity contribution in [3.8, 4) is 0 Å². The van der Waals surface area contributed by atoms with E-state index in [1.807, 2.05) is 12.1 Å². The van der Waals surface area contributed by atoms with E-state index in [1.165, 1.54) is 11.0 Å². The molecule has 0 aliphatic carbocycles. The molecule has 0 heterocycles. The number of carbonyl (C=O) groups is 2. The highest BCUT2D eigenvalue weighted by molar-refractivity contribution is 9.10. The monoisotopic (exact) mass is 407 g/mol. The lowest BCUT2D eigenvalue weighted by Gasteiger charge is -2.22. The third-order valence-electron chi connectivity index (χ3n) is 3.76. The molecule has 0 saturated heterocycles. The van der Waals surface area contributed by atoms with Gasteiger partial charge in [-0.1, -0.05) is 46.3 Å². The molecule has 132 valence electrons. The molecule has 0 fully saturated rings. The minimum atomic E-state index is -0.711. The van der Waals surface area contributed by atoms with E-state index in [0.29, 0.717) is 5.56 Å². The van der Waals surface area contributed by atoms with Gasteiger partial charge < -0.3 is 16.0 Å². The summed E-state index contributed by atoms with van der Waals surface area (Å²) in [4.78, 5) is 25.2. The van der Waals surface area contributed by atoms with E-state index < -0.39 is 12.1 Å². The van der Waals surface area contributed by atoms with E-state index in [2.05, 4.69) is 21.2 Å². The number of primary amides is 1. The van der Waals surface area contributed by atoms with Crippen molar-refractivity contribution in [2.24, 2.45) is 5.73 Å². The van der Waals surface area contributed by atoms with E-state index in [-0.39, 0.29) is 24.7 Å². The Morgan fingerprint density at radius 1 is 1.20 bits per heavy atom. The van der Waals surface area contributed by atoms with Gasteiger partial charge in [0.25, 0.3) is 0 Å². The van der Waals surface area contributed by atoms with E-state index in [4.69, 9.17) is 5.73 Å². The number of nitrogens with two attached hydrogens (primary N) is 1. The molecule has 2 aromatic rings. The predicted octanol–water partition coefficient (Wildman–Crippen LogP) is 3.35. The van der Waals surface area contributed by atoms with E-state index in [1.54, 1.807) is 37.4 Å². The average molecular weight is 408 g/mol. The summed E-state index contributed by atoms with van der Waals surface area (Å²) in [6.07, 6.45) is 0.0233. The lowest BCUT2D eigenvalue weighted by molar-refractivity contribution is -0.130. The van der Waals surface area contributed by atoms with Crippen molar-refractivity contribution in [1.29, 1.82) is 0 Å². The molecule has 0 aliphatic rings. The van der Waals surface area contributed by atoms with Gasteiger partial charge in [0.15, 0.2) is 0 Å². The first-order chi connectivity index (χ1) is 11.9. The van der Waals surface area contributed by atoms with Crippen LogP contribution < -0.4 is 11.1 Å². The highest BCUT2D eigenvalue weighted by Crippen LogP contribution is 2.21. The van der Waals surface area contributed by atoms with Crippen LogP contribution in [-0.4, -0.2) is 23.9 Å². The molecule has 3 N–H and O–H groups in total. The van der Waals surface area contributed by atoms with Crippen LogP contribution in [0.3, 0.4) is 0 Å². The largest absolute Gasteiger partial charge is 0.352 e. The second kappa shape index (κ2) is 8.62. The smallest absolute Gasteiger partial charge is 0.312 e. The summed E-state index contributed by atoms with van der Waals surface area (Å²) in [6, 6.07) is 12.3. The van der Waals surface area contributed by atoms with Crippen molar-refractivity contribution < 1.29 is 14.0 Å². The zero-order valence-corrected chi connectivity index (χ0v) is 15.3. The van der Waals surface area contributed by atoms with Gasteiger partial charge in [0.1, 0.15) is 5.82 Å². The molecule has 2 rings (SSSR count). The maximum Gasteiger partial charge on any atom is 0.312 e. The molecular formula is C18H19BrFN3O2. The molecule has 25 heavy (non-hydrogen) atoms. The van der Waals surface area contributed by atoms with Gasteiger partial charge in [-0.15, -0.1) is 0 Å². The number of nitrogens with one attached hydrogen (secondary N) is 1. The topological polar surface area (TPSA) is 75.4 Å². The van der Waals surface area contributed by atoms with Crippen molar-refractivity contribution in [2.45, 2.75) is 19.0 Å². The van der Waals surface area contributed by atoms with Crippen LogP contribution in [0.15, 0.2) is 53.0 Å². The second-order valence-electron chi connectivity index (χ2n) is 5.66. The number of hydrogen-bond acceptors (Lipinski definition) is 2. The van der Waals surface area contributed by atoms with Crippen molar-refractivity contribution in [2.75, 3.05) is 7.05 Å².